The van der Waals surface area contributed by atoms with Crippen molar-refractivity contribution in [1.29, 1.82) is 0 Å². The number of rotatable bonds is 4. The van der Waals surface area contributed by atoms with Crippen molar-refractivity contribution in [3.8, 4) is 33.6 Å². The molecule has 0 radical (unpaired) electrons. The van der Waals surface area contributed by atoms with E-state index >= 15 is 0 Å². The minimum absolute atomic E-state index is 1.14. The van der Waals surface area contributed by atoms with Crippen molar-refractivity contribution >= 4 is 75.9 Å². The van der Waals surface area contributed by atoms with Gasteiger partial charge in [-0.2, -0.15) is 0 Å². The van der Waals surface area contributed by atoms with Gasteiger partial charge in [-0.1, -0.05) is 158 Å². The highest BCUT2D eigenvalue weighted by atomic mass is 15.0. The van der Waals surface area contributed by atoms with Crippen molar-refractivity contribution in [1.82, 2.24) is 9.13 Å². The Morgan fingerprint density at radius 3 is 1.30 bits per heavy atom. The highest BCUT2D eigenvalue weighted by Gasteiger charge is 2.21. The molecule has 0 unspecified atom stereocenters. The standard InChI is InChI=1S/C54H34N2/c1-2-12-35(13-3-1)36-22-29-40(30-23-36)56-50-20-10-8-18-46(50)47-32-33-52-53(54(47)56)48-19-9-11-21-51(48)55(52)39-27-24-37(25-28-39)38-26-31-45-43-16-5-4-14-41(43)42-15-6-7-17-44(42)49(45)34-38/h1-34H. The van der Waals surface area contributed by atoms with Gasteiger partial charge in [-0.05, 0) is 103 Å². The highest BCUT2D eigenvalue weighted by molar-refractivity contribution is 6.27. The van der Waals surface area contributed by atoms with Crippen LogP contribution in [0.3, 0.4) is 0 Å². The van der Waals surface area contributed by atoms with E-state index in [0.29, 0.717) is 0 Å². The SMILES string of the molecule is c1ccc(-c2ccc(-n3c4ccccc4c4ccc5c(c6ccccc6n5-c5ccc(-c6ccc7c8ccccc8c8ccccc8c7c6)cc5)c43)cc2)cc1. The lowest BCUT2D eigenvalue weighted by atomic mass is 9.92. The third-order valence-electron chi connectivity index (χ3n) is 11.9. The van der Waals surface area contributed by atoms with Gasteiger partial charge in [0.15, 0.2) is 0 Å². The third kappa shape index (κ3) is 4.50. The fourth-order valence-electron chi connectivity index (χ4n) is 9.38. The smallest absolute Gasteiger partial charge is 0.0641 e. The van der Waals surface area contributed by atoms with Crippen LogP contribution >= 0.6 is 0 Å². The van der Waals surface area contributed by atoms with Crippen LogP contribution in [0.15, 0.2) is 206 Å². The van der Waals surface area contributed by atoms with E-state index in [-0.39, 0.29) is 0 Å². The van der Waals surface area contributed by atoms with Gasteiger partial charge in [0.1, 0.15) is 0 Å². The molecule has 0 spiro atoms. The first-order valence-corrected chi connectivity index (χ1v) is 19.4. The van der Waals surface area contributed by atoms with E-state index in [0.717, 1.165) is 11.4 Å². The number of para-hydroxylation sites is 2. The van der Waals surface area contributed by atoms with Gasteiger partial charge in [-0.3, -0.25) is 0 Å². The lowest BCUT2D eigenvalue weighted by Gasteiger charge is -2.13. The van der Waals surface area contributed by atoms with Crippen molar-refractivity contribution in [3.63, 3.8) is 0 Å². The van der Waals surface area contributed by atoms with E-state index in [1.807, 2.05) is 0 Å². The molecule has 2 aromatic heterocycles. The topological polar surface area (TPSA) is 9.86 Å². The number of nitrogens with zero attached hydrogens (tertiary/aromatic N) is 2. The number of benzene rings is 10. The Morgan fingerprint density at radius 1 is 0.232 bits per heavy atom. The van der Waals surface area contributed by atoms with Gasteiger partial charge >= 0.3 is 0 Å². The zero-order valence-electron chi connectivity index (χ0n) is 30.5. The molecular weight excluding hydrogens is 677 g/mol. The summed E-state index contributed by atoms with van der Waals surface area (Å²) < 4.78 is 4.91. The molecule has 0 atom stereocenters. The third-order valence-corrected chi connectivity index (χ3v) is 11.9. The lowest BCUT2D eigenvalue weighted by Crippen LogP contribution is -1.95. The van der Waals surface area contributed by atoms with E-state index in [1.165, 1.54) is 98.2 Å². The molecular formula is C54H34N2. The van der Waals surface area contributed by atoms with Crippen molar-refractivity contribution in [2.24, 2.45) is 0 Å². The summed E-state index contributed by atoms with van der Waals surface area (Å²) in [5.41, 5.74) is 12.0. The summed E-state index contributed by atoms with van der Waals surface area (Å²) in [7, 11) is 0. The van der Waals surface area contributed by atoms with Crippen LogP contribution < -0.4 is 0 Å². The Hall–Kier alpha value is -7.42. The van der Waals surface area contributed by atoms with Crippen LogP contribution in [-0.4, -0.2) is 9.13 Å². The van der Waals surface area contributed by atoms with E-state index in [4.69, 9.17) is 0 Å². The van der Waals surface area contributed by atoms with Crippen molar-refractivity contribution < 1.29 is 0 Å². The van der Waals surface area contributed by atoms with Crippen molar-refractivity contribution in [2.45, 2.75) is 0 Å². The summed E-state index contributed by atoms with van der Waals surface area (Å²) >= 11 is 0. The second-order valence-corrected chi connectivity index (χ2v) is 14.9. The zero-order chi connectivity index (χ0) is 36.7. The van der Waals surface area contributed by atoms with Gasteiger partial charge in [0.2, 0.25) is 0 Å². The molecule has 0 aliphatic carbocycles. The molecule has 12 aromatic rings. The van der Waals surface area contributed by atoms with Crippen LogP contribution in [0.5, 0.6) is 0 Å². The maximum Gasteiger partial charge on any atom is 0.0641 e. The summed E-state index contributed by atoms with van der Waals surface area (Å²) in [6.07, 6.45) is 0. The predicted octanol–water partition coefficient (Wildman–Crippen LogP) is 14.7. The maximum atomic E-state index is 2.47. The molecule has 260 valence electrons. The monoisotopic (exact) mass is 710 g/mol. The van der Waals surface area contributed by atoms with Crippen molar-refractivity contribution in [2.75, 3.05) is 0 Å². The van der Waals surface area contributed by atoms with Gasteiger partial charge in [-0.25, -0.2) is 0 Å². The molecule has 10 aromatic carbocycles. The number of fused-ring (bicyclic) bond motifs is 13. The quantitative estimate of drug-likeness (QED) is 0.161. The second-order valence-electron chi connectivity index (χ2n) is 14.9. The first kappa shape index (κ1) is 31.0. The van der Waals surface area contributed by atoms with Crippen LogP contribution in [0.1, 0.15) is 0 Å². The van der Waals surface area contributed by atoms with Crippen LogP contribution in [-0.2, 0) is 0 Å². The van der Waals surface area contributed by atoms with Crippen LogP contribution in [0, 0.1) is 0 Å². The fraction of sp³-hybridized carbons (Fsp3) is 0. The summed E-state index contributed by atoms with van der Waals surface area (Å²) in [6, 6.07) is 75.6. The molecule has 0 amide bonds. The molecule has 2 heteroatoms. The molecule has 0 bridgehead atoms. The van der Waals surface area contributed by atoms with Gasteiger partial charge in [-0.15, -0.1) is 0 Å². The number of hydrogen-bond donors (Lipinski definition) is 0. The zero-order valence-corrected chi connectivity index (χ0v) is 30.5. The highest BCUT2D eigenvalue weighted by Crippen LogP contribution is 2.43. The molecule has 56 heavy (non-hydrogen) atoms. The molecule has 2 heterocycles. The number of hydrogen-bond acceptors (Lipinski definition) is 0. The normalized spacial score (nSPS) is 11.9. The Balaban J connectivity index is 1.04. The second kappa shape index (κ2) is 12.0. The first-order chi connectivity index (χ1) is 27.8. The predicted molar refractivity (Wildman–Crippen MR) is 239 cm³/mol. The molecule has 12 rings (SSSR count). The Labute approximate surface area is 323 Å². The minimum atomic E-state index is 1.14. The average molecular weight is 711 g/mol. The molecule has 0 aliphatic heterocycles. The molecule has 0 aliphatic rings. The first-order valence-electron chi connectivity index (χ1n) is 19.4. The van der Waals surface area contributed by atoms with Gasteiger partial charge in [0.05, 0.1) is 22.1 Å². The lowest BCUT2D eigenvalue weighted by molar-refractivity contribution is 1.17. The van der Waals surface area contributed by atoms with Crippen LogP contribution in [0.2, 0.25) is 0 Å². The van der Waals surface area contributed by atoms with Crippen molar-refractivity contribution in [3.05, 3.63) is 206 Å². The van der Waals surface area contributed by atoms with Crippen LogP contribution in [0.4, 0.5) is 0 Å². The van der Waals surface area contributed by atoms with E-state index in [1.54, 1.807) is 0 Å². The maximum absolute atomic E-state index is 2.47. The van der Waals surface area contributed by atoms with E-state index < -0.39 is 0 Å². The van der Waals surface area contributed by atoms with E-state index in [9.17, 15) is 0 Å². The van der Waals surface area contributed by atoms with E-state index in [2.05, 4.69) is 215 Å². The van der Waals surface area contributed by atoms with Gasteiger partial charge in [0.25, 0.3) is 0 Å². The summed E-state index contributed by atoms with van der Waals surface area (Å²) in [5.74, 6) is 0. The molecule has 0 saturated heterocycles. The molecule has 0 saturated carbocycles. The molecule has 0 fully saturated rings. The Bertz CT molecular complexity index is 3460. The average Bonchev–Trinajstić information content (AvgIpc) is 3.80. The summed E-state index contributed by atoms with van der Waals surface area (Å²) in [4.78, 5) is 0. The van der Waals surface area contributed by atoms with Gasteiger partial charge in [0, 0.05) is 32.9 Å². The molecule has 2 nitrogen and oxygen atoms in total. The minimum Gasteiger partial charge on any atom is -0.309 e. The largest absolute Gasteiger partial charge is 0.309 e. The van der Waals surface area contributed by atoms with Gasteiger partial charge < -0.3 is 9.13 Å². The Morgan fingerprint density at radius 2 is 0.661 bits per heavy atom. The molecule has 0 N–H and O–H groups in total. The Kier molecular flexibility index (Phi) is 6.66. The summed E-state index contributed by atoms with van der Waals surface area (Å²) in [5, 5.41) is 12.8. The number of aromatic nitrogens is 2. The van der Waals surface area contributed by atoms with Crippen LogP contribution in [0.25, 0.3) is 110 Å². The fourth-order valence-corrected chi connectivity index (χ4v) is 9.38. The summed E-state index contributed by atoms with van der Waals surface area (Å²) in [6.45, 7) is 0.